The zero-order chi connectivity index (χ0) is 24.2. The first-order chi connectivity index (χ1) is 17.7. The molecule has 3 heterocycles. The zero-order valence-corrected chi connectivity index (χ0v) is 20.0. The number of benzene rings is 4. The Morgan fingerprint density at radius 3 is 2.53 bits per heavy atom. The second kappa shape index (κ2) is 8.07. The van der Waals surface area contributed by atoms with Crippen molar-refractivity contribution >= 4 is 28.0 Å². The molecular weight excluding hydrogens is 472 g/mol. The summed E-state index contributed by atoms with van der Waals surface area (Å²) in [6, 6.07) is 28.1. The first-order valence-corrected chi connectivity index (χ1v) is 11.9. The summed E-state index contributed by atoms with van der Waals surface area (Å²) in [4.78, 5) is 9.61. The molecule has 4 aromatic carbocycles. The Labute approximate surface area is 211 Å². The molecule has 7 rings (SSSR count). The summed E-state index contributed by atoms with van der Waals surface area (Å²) in [5, 5.41) is 7.53. The Balaban J connectivity index is 1.49. The summed E-state index contributed by atoms with van der Waals surface area (Å²) in [6.07, 6.45) is 1.65. The lowest BCUT2D eigenvalue weighted by molar-refractivity contribution is 0.414. The number of hydrogen-bond acceptors (Lipinski definition) is 5. The number of ether oxygens (including phenoxy) is 2. The van der Waals surface area contributed by atoms with Gasteiger partial charge in [-0.3, -0.25) is 0 Å². The van der Waals surface area contributed by atoms with Gasteiger partial charge in [0, 0.05) is 27.5 Å². The normalized spacial score (nSPS) is 14.3. The van der Waals surface area contributed by atoms with Crippen molar-refractivity contribution in [2.24, 2.45) is 0 Å². The lowest BCUT2D eigenvalue weighted by Crippen LogP contribution is -2.15. The number of aromatic nitrogens is 4. The van der Waals surface area contributed by atoms with Crippen LogP contribution in [0.3, 0.4) is 0 Å². The van der Waals surface area contributed by atoms with E-state index in [0.29, 0.717) is 22.4 Å². The highest BCUT2D eigenvalue weighted by molar-refractivity contribution is 6.30. The van der Waals surface area contributed by atoms with Gasteiger partial charge in [-0.1, -0.05) is 60.1 Å². The summed E-state index contributed by atoms with van der Waals surface area (Å²) in [7, 11) is 1.67. The maximum absolute atomic E-state index is 6.49. The Morgan fingerprint density at radius 1 is 0.917 bits per heavy atom. The van der Waals surface area contributed by atoms with Crippen molar-refractivity contribution in [3.8, 4) is 28.8 Å². The van der Waals surface area contributed by atoms with Crippen molar-refractivity contribution in [3.63, 3.8) is 0 Å². The van der Waals surface area contributed by atoms with E-state index in [-0.39, 0.29) is 5.92 Å². The highest BCUT2D eigenvalue weighted by Gasteiger charge is 2.34. The number of rotatable bonds is 3. The second-order valence-electron chi connectivity index (χ2n) is 8.69. The van der Waals surface area contributed by atoms with Crippen LogP contribution >= 0.6 is 11.6 Å². The lowest BCUT2D eigenvalue weighted by Gasteiger charge is -2.28. The molecule has 2 aromatic heterocycles. The van der Waals surface area contributed by atoms with Gasteiger partial charge < -0.3 is 9.47 Å². The van der Waals surface area contributed by atoms with E-state index in [9.17, 15) is 0 Å². The number of hydrogen-bond donors (Lipinski definition) is 0. The fourth-order valence-electron chi connectivity index (χ4n) is 4.91. The largest absolute Gasteiger partial charge is 0.497 e. The molecule has 1 aliphatic rings. The van der Waals surface area contributed by atoms with Crippen molar-refractivity contribution in [1.29, 1.82) is 0 Å². The standard InChI is InChI=1S/C29H19ClN4O2/c1-35-21-13-8-18(9-14-21)24-23-15-10-17-4-2-3-5-22(17)26(23)36-29-25(24)28-32-27(33-34(28)16-31-29)19-6-11-20(30)12-7-19/h2-16,24H,1H3/t24-/m1/s1. The van der Waals surface area contributed by atoms with E-state index >= 15 is 0 Å². The molecule has 1 aliphatic heterocycles. The average molecular weight is 491 g/mol. The summed E-state index contributed by atoms with van der Waals surface area (Å²) >= 11 is 6.09. The minimum atomic E-state index is -0.155. The summed E-state index contributed by atoms with van der Waals surface area (Å²) in [5.74, 6) is 2.59. The van der Waals surface area contributed by atoms with Crippen LogP contribution in [-0.4, -0.2) is 26.7 Å². The number of halogens is 1. The fraction of sp³-hybridized carbons (Fsp3) is 0.0690. The third kappa shape index (κ3) is 3.22. The molecule has 7 heteroatoms. The number of fused-ring (bicyclic) bond motifs is 6. The van der Waals surface area contributed by atoms with Gasteiger partial charge in [0.25, 0.3) is 0 Å². The molecular formula is C29H19ClN4O2. The predicted molar refractivity (Wildman–Crippen MR) is 139 cm³/mol. The Hall–Kier alpha value is -4.42. The van der Waals surface area contributed by atoms with Crippen LogP contribution < -0.4 is 9.47 Å². The minimum Gasteiger partial charge on any atom is -0.497 e. The molecule has 6 nitrogen and oxygen atoms in total. The van der Waals surface area contributed by atoms with Crippen molar-refractivity contribution < 1.29 is 9.47 Å². The Kier molecular flexibility index (Phi) is 4.69. The van der Waals surface area contributed by atoms with Gasteiger partial charge in [0.2, 0.25) is 5.88 Å². The topological polar surface area (TPSA) is 61.5 Å². The van der Waals surface area contributed by atoms with Gasteiger partial charge in [0.05, 0.1) is 12.7 Å². The Bertz CT molecular complexity index is 1760. The van der Waals surface area contributed by atoms with Crippen molar-refractivity contribution in [3.05, 3.63) is 113 Å². The SMILES string of the molecule is COc1ccc([C@@H]2c3ccc4ccccc4c3Oc3ncn4nc(-c5ccc(Cl)cc5)nc4c32)cc1. The van der Waals surface area contributed by atoms with Gasteiger partial charge in [-0.2, -0.15) is 0 Å². The summed E-state index contributed by atoms with van der Waals surface area (Å²) in [5.41, 5.74) is 4.59. The maximum Gasteiger partial charge on any atom is 0.228 e. The zero-order valence-electron chi connectivity index (χ0n) is 19.2. The maximum atomic E-state index is 6.49. The van der Waals surface area contributed by atoms with Crippen LogP contribution in [0.5, 0.6) is 17.4 Å². The van der Waals surface area contributed by atoms with E-state index in [4.69, 9.17) is 31.2 Å². The number of methoxy groups -OCH3 is 1. The first kappa shape index (κ1) is 20.9. The van der Waals surface area contributed by atoms with Crippen LogP contribution in [0.2, 0.25) is 5.02 Å². The van der Waals surface area contributed by atoms with Crippen LogP contribution in [0.1, 0.15) is 22.6 Å². The Morgan fingerprint density at radius 2 is 1.72 bits per heavy atom. The molecule has 174 valence electrons. The third-order valence-electron chi connectivity index (χ3n) is 6.65. The van der Waals surface area contributed by atoms with Crippen LogP contribution in [0, 0.1) is 0 Å². The molecule has 0 bridgehead atoms. The fourth-order valence-corrected chi connectivity index (χ4v) is 5.04. The lowest BCUT2D eigenvalue weighted by atomic mass is 9.83. The molecule has 36 heavy (non-hydrogen) atoms. The van der Waals surface area contributed by atoms with E-state index in [1.807, 2.05) is 48.5 Å². The third-order valence-corrected chi connectivity index (χ3v) is 6.90. The second-order valence-corrected chi connectivity index (χ2v) is 9.12. The highest BCUT2D eigenvalue weighted by atomic mass is 35.5. The molecule has 0 aliphatic carbocycles. The molecule has 6 aromatic rings. The van der Waals surface area contributed by atoms with Crippen molar-refractivity contribution in [2.75, 3.05) is 7.11 Å². The first-order valence-electron chi connectivity index (χ1n) is 11.5. The monoisotopic (exact) mass is 490 g/mol. The molecule has 0 fully saturated rings. The summed E-state index contributed by atoms with van der Waals surface area (Å²) in [6.45, 7) is 0. The molecule has 0 unspecified atom stereocenters. The molecule has 0 radical (unpaired) electrons. The predicted octanol–water partition coefficient (Wildman–Crippen LogP) is 6.89. The van der Waals surface area contributed by atoms with Gasteiger partial charge in [-0.05, 0) is 47.3 Å². The van der Waals surface area contributed by atoms with Gasteiger partial charge in [0.1, 0.15) is 17.8 Å². The van der Waals surface area contributed by atoms with E-state index in [2.05, 4.69) is 41.4 Å². The molecule has 0 spiro atoms. The molecule has 0 saturated heterocycles. The average Bonchev–Trinajstić information content (AvgIpc) is 3.37. The van der Waals surface area contributed by atoms with Gasteiger partial charge in [-0.15, -0.1) is 5.10 Å². The van der Waals surface area contributed by atoms with Gasteiger partial charge in [0.15, 0.2) is 11.5 Å². The van der Waals surface area contributed by atoms with Gasteiger partial charge in [-0.25, -0.2) is 14.5 Å². The molecule has 0 amide bonds. The smallest absolute Gasteiger partial charge is 0.228 e. The van der Waals surface area contributed by atoms with E-state index < -0.39 is 0 Å². The number of nitrogens with zero attached hydrogens (tertiary/aromatic N) is 4. The molecule has 0 N–H and O–H groups in total. The van der Waals surface area contributed by atoms with Crippen LogP contribution in [0.4, 0.5) is 0 Å². The van der Waals surface area contributed by atoms with Crippen LogP contribution in [-0.2, 0) is 0 Å². The molecule has 0 saturated carbocycles. The quantitative estimate of drug-likeness (QED) is 0.270. The highest BCUT2D eigenvalue weighted by Crippen LogP contribution is 2.50. The van der Waals surface area contributed by atoms with Crippen molar-refractivity contribution in [2.45, 2.75) is 5.92 Å². The van der Waals surface area contributed by atoms with Crippen LogP contribution in [0.25, 0.3) is 27.8 Å². The van der Waals surface area contributed by atoms with Crippen LogP contribution in [0.15, 0.2) is 91.3 Å². The van der Waals surface area contributed by atoms with E-state index in [1.54, 1.807) is 18.0 Å². The minimum absolute atomic E-state index is 0.155. The van der Waals surface area contributed by atoms with Crippen molar-refractivity contribution in [1.82, 2.24) is 19.6 Å². The van der Waals surface area contributed by atoms with E-state index in [0.717, 1.165) is 44.5 Å². The van der Waals surface area contributed by atoms with Gasteiger partial charge >= 0.3 is 0 Å². The molecule has 1 atom stereocenters. The van der Waals surface area contributed by atoms with E-state index in [1.165, 1.54) is 0 Å². The summed E-state index contributed by atoms with van der Waals surface area (Å²) < 4.78 is 13.6.